The minimum absolute atomic E-state index is 0.251. The molecule has 1 aliphatic rings. The van der Waals surface area contributed by atoms with Crippen LogP contribution >= 0.6 is 11.8 Å². The second-order valence-electron chi connectivity index (χ2n) is 6.44. The number of anilines is 1. The van der Waals surface area contributed by atoms with Crippen molar-refractivity contribution in [3.63, 3.8) is 0 Å². The fraction of sp³-hybridized carbons (Fsp3) is 0.667. The Kier molecular flexibility index (Phi) is 5.69. The maximum absolute atomic E-state index is 11.9. The van der Waals surface area contributed by atoms with Crippen LogP contribution in [0.5, 0.6) is 0 Å². The van der Waals surface area contributed by atoms with E-state index in [1.165, 1.54) is 11.8 Å². The number of carbonyl (C=O) groups is 1. The molecule has 0 bridgehead atoms. The van der Waals surface area contributed by atoms with Gasteiger partial charge in [-0.15, -0.1) is 0 Å². The Balaban J connectivity index is 1.80. The SMILES string of the molecule is CNc1nc(SC)ncc1CNC1CN(C(=O)OC(C)(C)C)C1. The van der Waals surface area contributed by atoms with Gasteiger partial charge in [0.25, 0.3) is 0 Å². The van der Waals surface area contributed by atoms with Crippen molar-refractivity contribution < 1.29 is 9.53 Å². The summed E-state index contributed by atoms with van der Waals surface area (Å²) in [7, 11) is 1.85. The highest BCUT2D eigenvalue weighted by molar-refractivity contribution is 7.98. The monoisotopic (exact) mass is 339 g/mol. The molecule has 0 saturated carbocycles. The number of nitrogens with one attached hydrogen (secondary N) is 2. The second kappa shape index (κ2) is 7.35. The zero-order chi connectivity index (χ0) is 17.0. The molecule has 128 valence electrons. The van der Waals surface area contributed by atoms with Crippen LogP contribution in [0.2, 0.25) is 0 Å². The number of ether oxygens (including phenoxy) is 1. The predicted molar refractivity (Wildman–Crippen MR) is 91.8 cm³/mol. The van der Waals surface area contributed by atoms with Gasteiger partial charge in [0, 0.05) is 44.5 Å². The molecule has 2 rings (SSSR count). The smallest absolute Gasteiger partial charge is 0.410 e. The molecule has 2 heterocycles. The molecule has 1 amide bonds. The Bertz CT molecular complexity index is 555. The molecule has 7 nitrogen and oxygen atoms in total. The summed E-state index contributed by atoms with van der Waals surface area (Å²) in [6.07, 6.45) is 3.54. The Hall–Kier alpha value is -1.54. The summed E-state index contributed by atoms with van der Waals surface area (Å²) in [5.74, 6) is 0.833. The van der Waals surface area contributed by atoms with Gasteiger partial charge in [-0.3, -0.25) is 0 Å². The first-order valence-electron chi connectivity index (χ1n) is 7.61. The molecule has 2 N–H and O–H groups in total. The van der Waals surface area contributed by atoms with Gasteiger partial charge in [0.2, 0.25) is 0 Å². The molecule has 0 aliphatic carbocycles. The third-order valence-corrected chi connectivity index (χ3v) is 3.94. The van der Waals surface area contributed by atoms with Gasteiger partial charge in [0.15, 0.2) is 5.16 Å². The van der Waals surface area contributed by atoms with E-state index in [0.717, 1.165) is 16.5 Å². The van der Waals surface area contributed by atoms with Gasteiger partial charge >= 0.3 is 6.09 Å². The highest BCUT2D eigenvalue weighted by Gasteiger charge is 2.33. The fourth-order valence-electron chi connectivity index (χ4n) is 2.17. The van der Waals surface area contributed by atoms with Crippen molar-refractivity contribution in [2.75, 3.05) is 31.7 Å². The lowest BCUT2D eigenvalue weighted by atomic mass is 10.1. The third kappa shape index (κ3) is 4.97. The predicted octanol–water partition coefficient (Wildman–Crippen LogP) is 1.95. The van der Waals surface area contributed by atoms with Crippen LogP contribution in [0.1, 0.15) is 26.3 Å². The van der Waals surface area contributed by atoms with Crippen LogP contribution in [0.15, 0.2) is 11.4 Å². The molecular weight excluding hydrogens is 314 g/mol. The fourth-order valence-corrected chi connectivity index (χ4v) is 2.51. The third-order valence-electron chi connectivity index (χ3n) is 3.38. The van der Waals surface area contributed by atoms with E-state index < -0.39 is 5.60 Å². The molecule has 23 heavy (non-hydrogen) atoms. The number of nitrogens with zero attached hydrogens (tertiary/aromatic N) is 3. The molecule has 0 aromatic carbocycles. The normalized spacial score (nSPS) is 15.3. The van der Waals surface area contributed by atoms with E-state index >= 15 is 0 Å². The number of likely N-dealkylation sites (tertiary alicyclic amines) is 1. The Morgan fingerprint density at radius 2 is 2.17 bits per heavy atom. The average Bonchev–Trinajstić information content (AvgIpc) is 2.43. The topological polar surface area (TPSA) is 79.4 Å². The zero-order valence-electron chi connectivity index (χ0n) is 14.3. The van der Waals surface area contributed by atoms with E-state index in [4.69, 9.17) is 4.74 Å². The van der Waals surface area contributed by atoms with E-state index in [9.17, 15) is 4.79 Å². The van der Waals surface area contributed by atoms with E-state index in [1.807, 2.05) is 40.3 Å². The Morgan fingerprint density at radius 3 is 2.74 bits per heavy atom. The van der Waals surface area contributed by atoms with Crippen LogP contribution in [-0.2, 0) is 11.3 Å². The molecule has 0 atom stereocenters. The molecule has 1 aromatic heterocycles. The standard InChI is InChI=1S/C15H25N5O2S/c1-15(2,3)22-14(21)20-8-11(9-20)17-6-10-7-18-13(23-5)19-12(10)16-4/h7,11,17H,6,8-9H2,1-5H3,(H,16,18,19). The molecule has 0 spiro atoms. The van der Waals surface area contributed by atoms with E-state index in [0.29, 0.717) is 19.6 Å². The van der Waals surface area contributed by atoms with Crippen LogP contribution < -0.4 is 10.6 Å². The van der Waals surface area contributed by atoms with Gasteiger partial charge in [0.05, 0.1) is 0 Å². The number of hydrogen-bond donors (Lipinski definition) is 2. The minimum Gasteiger partial charge on any atom is -0.444 e. The lowest BCUT2D eigenvalue weighted by molar-refractivity contribution is 0.00518. The van der Waals surface area contributed by atoms with Crippen molar-refractivity contribution in [2.45, 2.75) is 44.1 Å². The molecule has 0 unspecified atom stereocenters. The van der Waals surface area contributed by atoms with Gasteiger partial charge in [0.1, 0.15) is 11.4 Å². The maximum Gasteiger partial charge on any atom is 0.410 e. The highest BCUT2D eigenvalue weighted by atomic mass is 32.2. The summed E-state index contributed by atoms with van der Waals surface area (Å²) in [4.78, 5) is 22.3. The van der Waals surface area contributed by atoms with E-state index in [-0.39, 0.29) is 12.1 Å². The maximum atomic E-state index is 11.9. The first-order valence-corrected chi connectivity index (χ1v) is 8.84. The first-order chi connectivity index (χ1) is 10.8. The summed E-state index contributed by atoms with van der Waals surface area (Å²) < 4.78 is 5.34. The summed E-state index contributed by atoms with van der Waals surface area (Å²) in [6, 6.07) is 0.271. The number of amides is 1. The lowest BCUT2D eigenvalue weighted by Crippen LogP contribution is -2.60. The summed E-state index contributed by atoms with van der Waals surface area (Å²) in [5, 5.41) is 7.26. The molecule has 1 aliphatic heterocycles. The lowest BCUT2D eigenvalue weighted by Gasteiger charge is -2.40. The van der Waals surface area contributed by atoms with Crippen LogP contribution in [0, 0.1) is 0 Å². The summed E-state index contributed by atoms with van der Waals surface area (Å²) in [5.41, 5.74) is 0.564. The number of carbonyl (C=O) groups excluding carboxylic acids is 1. The van der Waals surface area contributed by atoms with Crippen LogP contribution in [0.25, 0.3) is 0 Å². The van der Waals surface area contributed by atoms with Gasteiger partial charge in [-0.2, -0.15) is 0 Å². The Morgan fingerprint density at radius 1 is 1.48 bits per heavy atom. The largest absolute Gasteiger partial charge is 0.444 e. The van der Waals surface area contributed by atoms with E-state index in [1.54, 1.807) is 4.90 Å². The summed E-state index contributed by atoms with van der Waals surface area (Å²) >= 11 is 1.51. The van der Waals surface area contributed by atoms with Gasteiger partial charge in [-0.25, -0.2) is 14.8 Å². The van der Waals surface area contributed by atoms with Gasteiger partial charge in [-0.05, 0) is 27.0 Å². The van der Waals surface area contributed by atoms with Crippen LogP contribution in [0.4, 0.5) is 10.6 Å². The molecule has 1 saturated heterocycles. The average molecular weight is 339 g/mol. The minimum atomic E-state index is -0.451. The Labute approximate surface area is 141 Å². The van der Waals surface area contributed by atoms with Crippen LogP contribution in [0.3, 0.4) is 0 Å². The summed E-state index contributed by atoms with van der Waals surface area (Å²) in [6.45, 7) is 7.60. The second-order valence-corrected chi connectivity index (χ2v) is 7.22. The number of rotatable bonds is 5. The molecule has 1 aromatic rings. The molecule has 8 heteroatoms. The van der Waals surface area contributed by atoms with Crippen molar-refractivity contribution in [2.24, 2.45) is 0 Å². The highest BCUT2D eigenvalue weighted by Crippen LogP contribution is 2.18. The molecular formula is C15H25N5O2S. The van der Waals surface area contributed by atoms with Crippen molar-refractivity contribution in [1.29, 1.82) is 0 Å². The van der Waals surface area contributed by atoms with Gasteiger partial charge in [-0.1, -0.05) is 11.8 Å². The van der Waals surface area contributed by atoms with Crippen molar-refractivity contribution in [1.82, 2.24) is 20.2 Å². The number of thioether (sulfide) groups is 1. The van der Waals surface area contributed by atoms with Gasteiger partial charge < -0.3 is 20.3 Å². The van der Waals surface area contributed by atoms with Crippen LogP contribution in [-0.4, -0.2) is 59.0 Å². The molecule has 0 radical (unpaired) electrons. The van der Waals surface area contributed by atoms with E-state index in [2.05, 4.69) is 20.6 Å². The van der Waals surface area contributed by atoms with Crippen molar-refractivity contribution >= 4 is 23.7 Å². The van der Waals surface area contributed by atoms with Crippen molar-refractivity contribution in [3.05, 3.63) is 11.8 Å². The zero-order valence-corrected chi connectivity index (χ0v) is 15.2. The first kappa shape index (κ1) is 17.8. The van der Waals surface area contributed by atoms with Crippen molar-refractivity contribution in [3.8, 4) is 0 Å². The number of aromatic nitrogens is 2. The quantitative estimate of drug-likeness (QED) is 0.627. The molecule has 1 fully saturated rings. The number of hydrogen-bond acceptors (Lipinski definition) is 7.